The van der Waals surface area contributed by atoms with Crippen LogP contribution in [0.5, 0.6) is 0 Å². The summed E-state index contributed by atoms with van der Waals surface area (Å²) in [5, 5.41) is 12.9. The molecule has 2 N–H and O–H groups in total. The quantitative estimate of drug-likeness (QED) is 0.239. The molecule has 1 aromatic rings. The zero-order valence-electron chi connectivity index (χ0n) is 24.8. The van der Waals surface area contributed by atoms with Crippen LogP contribution in [0.1, 0.15) is 33.6 Å². The number of carbonyl (C=O) groups excluding carboxylic acids is 4. The Labute approximate surface area is 244 Å². The molecule has 1 unspecified atom stereocenters. The predicted molar refractivity (Wildman–Crippen MR) is 154 cm³/mol. The van der Waals surface area contributed by atoms with Gasteiger partial charge in [0.15, 0.2) is 5.82 Å². The topological polar surface area (TPSA) is 175 Å². The Morgan fingerprint density at radius 2 is 1.86 bits per heavy atom. The van der Waals surface area contributed by atoms with Crippen LogP contribution in [0, 0.1) is 0 Å². The van der Waals surface area contributed by atoms with Crippen LogP contribution < -0.4 is 15.1 Å². The summed E-state index contributed by atoms with van der Waals surface area (Å²) in [6.07, 6.45) is 6.03. The molecule has 230 valence electrons. The van der Waals surface area contributed by atoms with Crippen molar-refractivity contribution in [3.8, 4) is 0 Å². The van der Waals surface area contributed by atoms with E-state index in [0.717, 1.165) is 4.90 Å². The van der Waals surface area contributed by atoms with Crippen molar-refractivity contribution in [1.82, 2.24) is 19.8 Å². The molecule has 0 saturated heterocycles. The molecule has 0 aromatic carbocycles. The van der Waals surface area contributed by atoms with Crippen molar-refractivity contribution in [2.24, 2.45) is 0 Å². The number of hydrogen-bond acceptors (Lipinski definition) is 11. The Bertz CT molecular complexity index is 1200. The van der Waals surface area contributed by atoms with E-state index in [-0.39, 0.29) is 36.9 Å². The van der Waals surface area contributed by atoms with Crippen molar-refractivity contribution in [2.45, 2.75) is 45.8 Å². The van der Waals surface area contributed by atoms with E-state index in [4.69, 9.17) is 9.47 Å². The van der Waals surface area contributed by atoms with Crippen molar-refractivity contribution in [3.05, 3.63) is 30.0 Å². The second-order valence-corrected chi connectivity index (χ2v) is 9.42. The maximum Gasteiger partial charge on any atom is 0.409 e. The first-order chi connectivity index (χ1) is 19.9. The van der Waals surface area contributed by atoms with E-state index < -0.39 is 42.8 Å². The van der Waals surface area contributed by atoms with E-state index in [0.29, 0.717) is 30.0 Å². The van der Waals surface area contributed by atoms with Crippen LogP contribution in [0.3, 0.4) is 0 Å². The predicted octanol–water partition coefficient (Wildman–Crippen LogP) is 2.11. The minimum absolute atomic E-state index is 0.0159. The van der Waals surface area contributed by atoms with Gasteiger partial charge in [0.05, 0.1) is 12.8 Å². The Morgan fingerprint density at radius 3 is 2.38 bits per heavy atom. The number of urea groups is 1. The summed E-state index contributed by atoms with van der Waals surface area (Å²) in [5.74, 6) is -1.68. The summed E-state index contributed by atoms with van der Waals surface area (Å²) in [4.78, 5) is 74.9. The molecule has 15 nitrogen and oxygen atoms in total. The summed E-state index contributed by atoms with van der Waals surface area (Å²) in [6, 6.07) is -2.09. The lowest BCUT2D eigenvalue weighted by atomic mass is 9.98. The van der Waals surface area contributed by atoms with Gasteiger partial charge in [-0.05, 0) is 32.4 Å². The number of rotatable bonds is 14. The minimum atomic E-state index is -1.22. The Hall–Kier alpha value is -4.69. The van der Waals surface area contributed by atoms with Gasteiger partial charge in [0.1, 0.15) is 24.4 Å². The average molecular weight is 590 g/mol. The standard InChI is InChI=1S/C27H39N7O8/c1-7-33(8-2)25-28-15-21(34(17-35)26(39)32(6)16-22(36)41-9-3)23(30-25)29-20(24(37)38)14-18-10-12-19(13-11-18)42-27(40)31(4)5/h10-12,15,17,19-20H,7-9,13-14,16H2,1-6H3,(H,37,38)(H,28,29,30)/t19?,20-/m0/s1. The second kappa shape index (κ2) is 15.9. The van der Waals surface area contributed by atoms with Crippen LogP contribution in [0.4, 0.5) is 27.0 Å². The number of allylic oxidation sites excluding steroid dienone is 1. The van der Waals surface area contributed by atoms with Crippen molar-refractivity contribution in [2.75, 3.05) is 62.5 Å². The number of carbonyl (C=O) groups is 5. The summed E-state index contributed by atoms with van der Waals surface area (Å²) in [5.41, 5.74) is 0.570. The molecule has 1 aromatic heterocycles. The molecule has 0 fully saturated rings. The maximum absolute atomic E-state index is 13.1. The molecule has 2 rings (SSSR count). The molecule has 1 aliphatic carbocycles. The Balaban J connectivity index is 2.37. The molecule has 0 spiro atoms. The molecule has 1 heterocycles. The average Bonchev–Trinajstić information content (AvgIpc) is 2.95. The summed E-state index contributed by atoms with van der Waals surface area (Å²) in [6.45, 7) is 6.22. The summed E-state index contributed by atoms with van der Waals surface area (Å²) >= 11 is 0. The molecule has 0 saturated carbocycles. The first-order valence-corrected chi connectivity index (χ1v) is 13.5. The zero-order valence-corrected chi connectivity index (χ0v) is 24.8. The van der Waals surface area contributed by atoms with Crippen molar-refractivity contribution in [1.29, 1.82) is 0 Å². The molecular formula is C27H39N7O8. The van der Waals surface area contributed by atoms with Crippen LogP contribution in [0.2, 0.25) is 0 Å². The van der Waals surface area contributed by atoms with E-state index in [2.05, 4.69) is 15.3 Å². The number of nitrogens with one attached hydrogen (secondary N) is 1. The number of aliphatic carboxylic acids is 1. The number of anilines is 3. The monoisotopic (exact) mass is 589 g/mol. The van der Waals surface area contributed by atoms with E-state index in [1.165, 1.54) is 18.1 Å². The molecular weight excluding hydrogens is 550 g/mol. The van der Waals surface area contributed by atoms with E-state index in [1.807, 2.05) is 18.7 Å². The lowest BCUT2D eigenvalue weighted by molar-refractivity contribution is -0.143. The van der Waals surface area contributed by atoms with Gasteiger partial charge < -0.3 is 34.6 Å². The third-order valence-electron chi connectivity index (χ3n) is 6.18. The number of likely N-dealkylation sites (N-methyl/N-ethyl adjacent to an activating group) is 1. The third kappa shape index (κ3) is 9.17. The highest BCUT2D eigenvalue weighted by atomic mass is 16.6. The number of hydrogen-bond donors (Lipinski definition) is 2. The number of imide groups is 1. The van der Waals surface area contributed by atoms with Gasteiger partial charge in [-0.25, -0.2) is 24.3 Å². The van der Waals surface area contributed by atoms with E-state index >= 15 is 0 Å². The highest BCUT2D eigenvalue weighted by Gasteiger charge is 2.29. The van der Waals surface area contributed by atoms with Gasteiger partial charge >= 0.3 is 24.1 Å². The lowest BCUT2D eigenvalue weighted by Gasteiger charge is -2.27. The largest absolute Gasteiger partial charge is 0.480 e. The van der Waals surface area contributed by atoms with Crippen molar-refractivity contribution < 1.29 is 38.6 Å². The van der Waals surface area contributed by atoms with Crippen molar-refractivity contribution in [3.63, 3.8) is 0 Å². The van der Waals surface area contributed by atoms with Gasteiger partial charge in [0, 0.05) is 47.1 Å². The van der Waals surface area contributed by atoms with Crippen LogP contribution in [0.25, 0.3) is 0 Å². The van der Waals surface area contributed by atoms with Crippen molar-refractivity contribution >= 4 is 47.9 Å². The SMILES string of the molecule is CCOC(=O)CN(C)C(=O)N(C=O)c1cnc(N(CC)CC)nc1N[C@@H](CC1=CCC(OC(=O)N(C)C)C=C1)C(=O)O. The second-order valence-electron chi connectivity index (χ2n) is 9.42. The van der Waals surface area contributed by atoms with Gasteiger partial charge in [-0.3, -0.25) is 9.59 Å². The molecule has 42 heavy (non-hydrogen) atoms. The summed E-state index contributed by atoms with van der Waals surface area (Å²) < 4.78 is 10.2. The number of ether oxygens (including phenoxy) is 2. The molecule has 0 bridgehead atoms. The minimum Gasteiger partial charge on any atom is -0.480 e. The highest BCUT2D eigenvalue weighted by Crippen LogP contribution is 2.28. The Morgan fingerprint density at radius 1 is 1.17 bits per heavy atom. The number of esters is 1. The van der Waals surface area contributed by atoms with Crippen LogP contribution >= 0.6 is 0 Å². The van der Waals surface area contributed by atoms with Gasteiger partial charge in [-0.2, -0.15) is 4.98 Å². The number of aromatic nitrogens is 2. The number of carboxylic acids is 1. The fraction of sp³-hybridized carbons (Fsp3) is 0.519. The van der Waals surface area contributed by atoms with E-state index in [9.17, 15) is 29.1 Å². The maximum atomic E-state index is 13.1. The van der Waals surface area contributed by atoms with E-state index in [1.54, 1.807) is 39.2 Å². The first-order valence-electron chi connectivity index (χ1n) is 13.5. The van der Waals surface area contributed by atoms with Gasteiger partial charge in [-0.15, -0.1) is 0 Å². The first kappa shape index (κ1) is 33.5. The normalized spacial score (nSPS) is 14.6. The van der Waals surface area contributed by atoms with Crippen LogP contribution in [-0.2, 0) is 23.9 Å². The van der Waals surface area contributed by atoms with Crippen LogP contribution in [0.15, 0.2) is 30.0 Å². The zero-order chi connectivity index (χ0) is 31.4. The number of nitrogens with zero attached hydrogens (tertiary/aromatic N) is 6. The third-order valence-corrected chi connectivity index (χ3v) is 6.18. The summed E-state index contributed by atoms with van der Waals surface area (Å²) in [7, 11) is 4.47. The smallest absolute Gasteiger partial charge is 0.409 e. The van der Waals surface area contributed by atoms with Gasteiger partial charge in [-0.1, -0.05) is 12.2 Å². The molecule has 0 aliphatic heterocycles. The van der Waals surface area contributed by atoms with Crippen LogP contribution in [-0.4, -0.2) is 115 Å². The molecule has 0 radical (unpaired) electrons. The molecule has 2 atom stereocenters. The fourth-order valence-electron chi connectivity index (χ4n) is 3.88. The Kier molecular flexibility index (Phi) is 12.7. The fourth-order valence-corrected chi connectivity index (χ4v) is 3.88. The molecule has 15 heteroatoms. The lowest BCUT2D eigenvalue weighted by Crippen LogP contribution is -2.44. The number of amides is 4. The molecule has 1 aliphatic rings. The number of carboxylic acid groups (broad SMARTS) is 1. The van der Waals surface area contributed by atoms with Gasteiger partial charge in [0.25, 0.3) is 0 Å². The highest BCUT2D eigenvalue weighted by molar-refractivity contribution is 6.08. The molecule has 4 amide bonds. The van der Waals surface area contributed by atoms with Gasteiger partial charge in [0.2, 0.25) is 12.4 Å².